The second kappa shape index (κ2) is 5.96. The fraction of sp³-hybridized carbons (Fsp3) is 1.00. The van der Waals surface area contributed by atoms with E-state index in [4.69, 9.17) is 9.47 Å². The summed E-state index contributed by atoms with van der Waals surface area (Å²) in [6.07, 6.45) is 3.43. The van der Waals surface area contributed by atoms with E-state index in [2.05, 4.69) is 4.90 Å². The van der Waals surface area contributed by atoms with Gasteiger partial charge in [-0.1, -0.05) is 0 Å². The van der Waals surface area contributed by atoms with Crippen LogP contribution in [0.1, 0.15) is 19.3 Å². The van der Waals surface area contributed by atoms with Crippen LogP contribution in [0.25, 0.3) is 0 Å². The van der Waals surface area contributed by atoms with Crippen molar-refractivity contribution in [3.8, 4) is 0 Å². The number of hydrogen-bond acceptors (Lipinski definition) is 4. The second-order valence-corrected chi connectivity index (χ2v) is 4.95. The number of aliphatic hydroxyl groups excluding tert-OH is 1. The molecular formula is C12H23NO3. The van der Waals surface area contributed by atoms with Gasteiger partial charge in [-0.2, -0.15) is 0 Å². The van der Waals surface area contributed by atoms with Gasteiger partial charge in [-0.3, -0.25) is 4.90 Å². The van der Waals surface area contributed by atoms with E-state index >= 15 is 0 Å². The molecule has 0 radical (unpaired) electrons. The Labute approximate surface area is 97.5 Å². The summed E-state index contributed by atoms with van der Waals surface area (Å²) < 4.78 is 10.7. The molecule has 4 nitrogen and oxygen atoms in total. The quantitative estimate of drug-likeness (QED) is 0.762. The maximum Gasteiger partial charge on any atom is 0.0718 e. The standard InChI is InChI=1S/C12H23NO3/c1-15-11-3-2-5-13(7-11)8-12(14)10-4-6-16-9-10/h10-12,14H,2-9H2,1H3. The Bertz CT molecular complexity index is 206. The van der Waals surface area contributed by atoms with Crippen LogP contribution in [0.4, 0.5) is 0 Å². The Morgan fingerprint density at radius 1 is 1.50 bits per heavy atom. The highest BCUT2D eigenvalue weighted by Crippen LogP contribution is 2.19. The topological polar surface area (TPSA) is 41.9 Å². The molecule has 3 unspecified atom stereocenters. The minimum atomic E-state index is -0.238. The molecule has 0 aliphatic carbocycles. The zero-order chi connectivity index (χ0) is 11.4. The molecule has 1 N–H and O–H groups in total. The summed E-state index contributed by atoms with van der Waals surface area (Å²) in [5.74, 6) is 0.336. The maximum atomic E-state index is 10.1. The van der Waals surface area contributed by atoms with Crippen molar-refractivity contribution in [2.24, 2.45) is 5.92 Å². The largest absolute Gasteiger partial charge is 0.391 e. The summed E-state index contributed by atoms with van der Waals surface area (Å²) in [5.41, 5.74) is 0. The number of ether oxygens (including phenoxy) is 2. The van der Waals surface area contributed by atoms with Gasteiger partial charge in [-0.25, -0.2) is 0 Å². The van der Waals surface area contributed by atoms with Crippen LogP contribution in [0.2, 0.25) is 0 Å². The third-order valence-corrected chi connectivity index (χ3v) is 3.75. The van der Waals surface area contributed by atoms with Crippen LogP contribution in [-0.2, 0) is 9.47 Å². The first-order valence-corrected chi connectivity index (χ1v) is 6.30. The lowest BCUT2D eigenvalue weighted by Gasteiger charge is -2.34. The van der Waals surface area contributed by atoms with Gasteiger partial charge in [0.2, 0.25) is 0 Å². The van der Waals surface area contributed by atoms with E-state index < -0.39 is 0 Å². The van der Waals surface area contributed by atoms with Crippen LogP contribution in [0.5, 0.6) is 0 Å². The molecule has 0 saturated carbocycles. The van der Waals surface area contributed by atoms with E-state index in [1.165, 1.54) is 6.42 Å². The fourth-order valence-electron chi connectivity index (χ4n) is 2.64. The third-order valence-electron chi connectivity index (χ3n) is 3.75. The maximum absolute atomic E-state index is 10.1. The Balaban J connectivity index is 1.75. The lowest BCUT2D eigenvalue weighted by atomic mass is 10.00. The van der Waals surface area contributed by atoms with Crippen LogP contribution in [0.15, 0.2) is 0 Å². The van der Waals surface area contributed by atoms with Gasteiger partial charge < -0.3 is 14.6 Å². The molecule has 0 aromatic carbocycles. The van der Waals surface area contributed by atoms with Crippen LogP contribution in [-0.4, -0.2) is 62.2 Å². The molecule has 0 aromatic rings. The van der Waals surface area contributed by atoms with Gasteiger partial charge in [-0.05, 0) is 25.8 Å². The van der Waals surface area contributed by atoms with Crippen molar-refractivity contribution in [2.75, 3.05) is 40.0 Å². The molecule has 2 rings (SSSR count). The molecule has 3 atom stereocenters. The molecule has 0 bridgehead atoms. The first kappa shape index (κ1) is 12.3. The average molecular weight is 229 g/mol. The van der Waals surface area contributed by atoms with Crippen molar-refractivity contribution in [1.29, 1.82) is 0 Å². The molecule has 2 aliphatic rings. The lowest BCUT2D eigenvalue weighted by molar-refractivity contribution is -0.000150. The van der Waals surface area contributed by atoms with Crippen LogP contribution >= 0.6 is 0 Å². The van der Waals surface area contributed by atoms with Gasteiger partial charge in [0.15, 0.2) is 0 Å². The zero-order valence-corrected chi connectivity index (χ0v) is 10.1. The van der Waals surface area contributed by atoms with E-state index in [1.54, 1.807) is 7.11 Å². The zero-order valence-electron chi connectivity index (χ0n) is 10.1. The number of piperidine rings is 1. The third kappa shape index (κ3) is 3.17. The molecule has 0 aromatic heterocycles. The summed E-state index contributed by atoms with van der Waals surface area (Å²) in [4.78, 5) is 2.32. The van der Waals surface area contributed by atoms with Crippen molar-refractivity contribution in [3.05, 3.63) is 0 Å². The molecule has 0 amide bonds. The predicted octanol–water partition coefficient (Wildman–Crippen LogP) is 0.495. The normalized spacial score (nSPS) is 34.1. The Kier molecular flexibility index (Phi) is 4.58. The number of hydrogen-bond donors (Lipinski definition) is 1. The summed E-state index contributed by atoms with van der Waals surface area (Å²) in [5, 5.41) is 10.1. The van der Waals surface area contributed by atoms with Crippen molar-refractivity contribution in [3.63, 3.8) is 0 Å². The van der Waals surface area contributed by atoms with Crippen molar-refractivity contribution >= 4 is 0 Å². The van der Waals surface area contributed by atoms with E-state index in [-0.39, 0.29) is 6.10 Å². The van der Waals surface area contributed by atoms with E-state index in [9.17, 15) is 5.11 Å². The van der Waals surface area contributed by atoms with Crippen molar-refractivity contribution in [2.45, 2.75) is 31.5 Å². The molecule has 94 valence electrons. The summed E-state index contributed by atoms with van der Waals surface area (Å²) in [6.45, 7) is 4.35. The van der Waals surface area contributed by atoms with Crippen LogP contribution in [0, 0.1) is 5.92 Å². The highest BCUT2D eigenvalue weighted by atomic mass is 16.5. The van der Waals surface area contributed by atoms with Gasteiger partial charge in [-0.15, -0.1) is 0 Å². The molecule has 2 heterocycles. The van der Waals surface area contributed by atoms with E-state index in [0.29, 0.717) is 12.0 Å². The smallest absolute Gasteiger partial charge is 0.0718 e. The van der Waals surface area contributed by atoms with Gasteiger partial charge >= 0.3 is 0 Å². The molecule has 0 spiro atoms. The van der Waals surface area contributed by atoms with Crippen molar-refractivity contribution < 1.29 is 14.6 Å². The minimum absolute atomic E-state index is 0.238. The lowest BCUT2D eigenvalue weighted by Crippen LogP contribution is -2.44. The first-order valence-electron chi connectivity index (χ1n) is 6.30. The van der Waals surface area contributed by atoms with Crippen LogP contribution in [0.3, 0.4) is 0 Å². The number of aliphatic hydroxyl groups is 1. The fourth-order valence-corrected chi connectivity index (χ4v) is 2.64. The van der Waals surface area contributed by atoms with Gasteiger partial charge in [0, 0.05) is 32.7 Å². The minimum Gasteiger partial charge on any atom is -0.391 e. The highest BCUT2D eigenvalue weighted by molar-refractivity contribution is 4.79. The molecule has 2 aliphatic heterocycles. The summed E-state index contributed by atoms with van der Waals surface area (Å²) in [6, 6.07) is 0. The van der Waals surface area contributed by atoms with Gasteiger partial charge in [0.25, 0.3) is 0 Å². The molecule has 4 heteroatoms. The Morgan fingerprint density at radius 3 is 3.06 bits per heavy atom. The van der Waals surface area contributed by atoms with Gasteiger partial charge in [0.1, 0.15) is 0 Å². The monoisotopic (exact) mass is 229 g/mol. The van der Waals surface area contributed by atoms with Crippen molar-refractivity contribution in [1.82, 2.24) is 4.90 Å². The highest BCUT2D eigenvalue weighted by Gasteiger charge is 2.27. The Hall–Kier alpha value is -0.160. The number of likely N-dealkylation sites (tertiary alicyclic amines) is 1. The molecule has 2 fully saturated rings. The molecular weight excluding hydrogens is 206 g/mol. The summed E-state index contributed by atoms with van der Waals surface area (Å²) >= 11 is 0. The molecule has 16 heavy (non-hydrogen) atoms. The number of rotatable bonds is 4. The Morgan fingerprint density at radius 2 is 2.38 bits per heavy atom. The number of β-amino-alcohol motifs (C(OH)–C–C–N with tert-alkyl or cyclic N) is 1. The molecule has 2 saturated heterocycles. The van der Waals surface area contributed by atoms with Gasteiger partial charge in [0.05, 0.1) is 18.8 Å². The second-order valence-electron chi connectivity index (χ2n) is 4.95. The summed E-state index contributed by atoms with van der Waals surface area (Å²) in [7, 11) is 1.77. The first-order chi connectivity index (χ1) is 7.79. The van der Waals surface area contributed by atoms with Crippen LogP contribution < -0.4 is 0 Å². The predicted molar refractivity (Wildman–Crippen MR) is 61.4 cm³/mol. The average Bonchev–Trinajstić information content (AvgIpc) is 2.83. The number of nitrogens with zero attached hydrogens (tertiary/aromatic N) is 1. The van der Waals surface area contributed by atoms with E-state index in [0.717, 1.165) is 45.7 Å². The SMILES string of the molecule is COC1CCCN(CC(O)C2CCOC2)C1. The number of methoxy groups -OCH3 is 1. The van der Waals surface area contributed by atoms with E-state index in [1.807, 2.05) is 0 Å².